The van der Waals surface area contributed by atoms with Crippen LogP contribution in [0.5, 0.6) is 5.75 Å². The molecule has 1 rings (SSSR count). The molecule has 0 atom stereocenters. The molecule has 0 aliphatic rings. The first-order valence-electron chi connectivity index (χ1n) is 5.60. The zero-order chi connectivity index (χ0) is 15.1. The Labute approximate surface area is 132 Å². The molecule has 0 amide bonds. The lowest BCUT2D eigenvalue weighted by Gasteiger charge is -2.10. The van der Waals surface area contributed by atoms with E-state index in [-0.39, 0.29) is 28.8 Å². The summed E-state index contributed by atoms with van der Waals surface area (Å²) in [6.45, 7) is 1.20. The number of hydrogen-bond acceptors (Lipinski definition) is 5. The highest BCUT2D eigenvalue weighted by molar-refractivity contribution is 9.09. The lowest BCUT2D eigenvalue weighted by molar-refractivity contribution is -0.141. The number of ether oxygens (including phenoxy) is 2. The lowest BCUT2D eigenvalue weighted by atomic mass is 10.1. The Balaban J connectivity index is 3.02. The van der Waals surface area contributed by atoms with E-state index < -0.39 is 11.9 Å². The van der Waals surface area contributed by atoms with Crippen molar-refractivity contribution in [2.24, 2.45) is 0 Å². The molecule has 0 aliphatic heterocycles. The molecule has 108 valence electrons. The minimum atomic E-state index is -0.488. The average molecular weight is 408 g/mol. The molecule has 5 nitrogen and oxygen atoms in total. The fourth-order valence-corrected chi connectivity index (χ4v) is 1.88. The van der Waals surface area contributed by atoms with Crippen molar-refractivity contribution in [2.75, 3.05) is 10.7 Å². The largest absolute Gasteiger partial charge is 0.460 e. The van der Waals surface area contributed by atoms with Crippen LogP contribution in [-0.2, 0) is 20.9 Å². The van der Waals surface area contributed by atoms with Crippen LogP contribution in [0.4, 0.5) is 0 Å². The van der Waals surface area contributed by atoms with Crippen LogP contribution in [0.3, 0.4) is 0 Å². The van der Waals surface area contributed by atoms with Crippen LogP contribution in [0.1, 0.15) is 22.8 Å². The molecule has 7 heteroatoms. The molecule has 0 saturated carbocycles. The first-order chi connectivity index (χ1) is 9.47. The summed E-state index contributed by atoms with van der Waals surface area (Å²) >= 11 is 6.06. The van der Waals surface area contributed by atoms with E-state index >= 15 is 0 Å². The number of Topliss-reactive ketones (excluding diaryl/α,β-unsaturated/α-hetero) is 1. The molecule has 0 fully saturated rings. The van der Waals surface area contributed by atoms with Crippen molar-refractivity contribution >= 4 is 49.6 Å². The van der Waals surface area contributed by atoms with Gasteiger partial charge in [-0.1, -0.05) is 31.9 Å². The van der Waals surface area contributed by atoms with Gasteiger partial charge >= 0.3 is 11.9 Å². The normalized spacial score (nSPS) is 9.95. The maximum absolute atomic E-state index is 11.6. The smallest absolute Gasteiger partial charge is 0.316 e. The van der Waals surface area contributed by atoms with Crippen molar-refractivity contribution in [1.29, 1.82) is 0 Å². The highest BCUT2D eigenvalue weighted by Gasteiger charge is 2.13. The highest BCUT2D eigenvalue weighted by atomic mass is 79.9. The summed E-state index contributed by atoms with van der Waals surface area (Å²) in [7, 11) is 0. The van der Waals surface area contributed by atoms with Crippen molar-refractivity contribution in [1.82, 2.24) is 0 Å². The fraction of sp³-hybridized carbons (Fsp3) is 0.308. The number of carbonyl (C=O) groups is 3. The minimum absolute atomic E-state index is 0.0654. The number of halogens is 2. The second-order valence-electron chi connectivity index (χ2n) is 3.77. The van der Waals surface area contributed by atoms with Crippen LogP contribution in [0.25, 0.3) is 0 Å². The number of hydrogen-bond donors (Lipinski definition) is 0. The molecule has 20 heavy (non-hydrogen) atoms. The van der Waals surface area contributed by atoms with Gasteiger partial charge in [0.1, 0.15) is 17.7 Å². The van der Waals surface area contributed by atoms with E-state index in [2.05, 4.69) is 31.9 Å². The maximum atomic E-state index is 11.6. The van der Waals surface area contributed by atoms with E-state index in [9.17, 15) is 14.4 Å². The quantitative estimate of drug-likeness (QED) is 0.314. The summed E-state index contributed by atoms with van der Waals surface area (Å²) in [4.78, 5) is 33.8. The van der Waals surface area contributed by atoms with Crippen LogP contribution in [0.15, 0.2) is 18.2 Å². The van der Waals surface area contributed by atoms with Crippen molar-refractivity contribution in [2.45, 2.75) is 13.5 Å². The van der Waals surface area contributed by atoms with E-state index in [0.29, 0.717) is 11.1 Å². The van der Waals surface area contributed by atoms with Crippen LogP contribution >= 0.6 is 31.9 Å². The zero-order valence-electron chi connectivity index (χ0n) is 10.7. The fourth-order valence-electron chi connectivity index (χ4n) is 1.39. The Bertz CT molecular complexity index is 527. The molecule has 0 spiro atoms. The summed E-state index contributed by atoms with van der Waals surface area (Å²) in [6.07, 6.45) is 0. The monoisotopic (exact) mass is 406 g/mol. The van der Waals surface area contributed by atoms with E-state index in [1.807, 2.05) is 0 Å². The summed E-state index contributed by atoms with van der Waals surface area (Å²) < 4.78 is 9.98. The topological polar surface area (TPSA) is 69.7 Å². The summed E-state index contributed by atoms with van der Waals surface area (Å²) in [5, 5.41) is 0.246. The molecular weight excluding hydrogens is 396 g/mol. The number of alkyl halides is 2. The number of rotatable bonds is 6. The van der Waals surface area contributed by atoms with Crippen molar-refractivity contribution in [3.05, 3.63) is 29.3 Å². The standard InChI is InChI=1S/C13H12Br2O5/c1-8(16)20-12-3-2-9(11(17)5-14)4-10(12)7-19-13(18)6-15/h2-4H,5-7H2,1H3. The number of esters is 2. The number of ketones is 1. The van der Waals surface area contributed by atoms with Crippen molar-refractivity contribution in [3.63, 3.8) is 0 Å². The Morgan fingerprint density at radius 1 is 1.15 bits per heavy atom. The molecule has 1 aromatic carbocycles. The predicted octanol–water partition coefficient (Wildman–Crippen LogP) is 2.63. The minimum Gasteiger partial charge on any atom is -0.460 e. The average Bonchev–Trinajstić information content (AvgIpc) is 2.44. The zero-order valence-corrected chi connectivity index (χ0v) is 13.8. The Morgan fingerprint density at radius 2 is 1.85 bits per heavy atom. The molecule has 0 unspecified atom stereocenters. The molecule has 1 aromatic rings. The van der Waals surface area contributed by atoms with Crippen LogP contribution in [0.2, 0.25) is 0 Å². The molecule has 0 saturated heterocycles. The van der Waals surface area contributed by atoms with Crippen LogP contribution in [0, 0.1) is 0 Å². The molecule has 0 aliphatic carbocycles. The Kier molecular flexibility index (Phi) is 6.87. The van der Waals surface area contributed by atoms with E-state index in [0.717, 1.165) is 0 Å². The van der Waals surface area contributed by atoms with Gasteiger partial charge in [0.15, 0.2) is 5.78 Å². The predicted molar refractivity (Wildman–Crippen MR) is 79.5 cm³/mol. The first kappa shape index (κ1) is 16.8. The SMILES string of the molecule is CC(=O)Oc1ccc(C(=O)CBr)cc1COC(=O)CBr. The van der Waals surface area contributed by atoms with E-state index in [4.69, 9.17) is 9.47 Å². The summed E-state index contributed by atoms with van der Waals surface area (Å²) in [5.74, 6) is -0.785. The van der Waals surface area contributed by atoms with Gasteiger partial charge < -0.3 is 9.47 Å². The molecule has 0 aromatic heterocycles. The molecule has 0 radical (unpaired) electrons. The van der Waals surface area contributed by atoms with Gasteiger partial charge in [0.05, 0.1) is 5.33 Å². The van der Waals surface area contributed by atoms with Gasteiger partial charge in [-0.15, -0.1) is 0 Å². The van der Waals surface area contributed by atoms with Crippen LogP contribution in [-0.4, -0.2) is 28.4 Å². The third-order valence-corrected chi connectivity index (χ3v) is 3.22. The Hall–Kier alpha value is -1.21. The summed E-state index contributed by atoms with van der Waals surface area (Å²) in [6, 6.07) is 4.61. The molecule has 0 N–H and O–H groups in total. The highest BCUT2D eigenvalue weighted by Crippen LogP contribution is 2.22. The van der Waals surface area contributed by atoms with Gasteiger partial charge in [0.2, 0.25) is 0 Å². The second kappa shape index (κ2) is 8.16. The maximum Gasteiger partial charge on any atom is 0.316 e. The van der Waals surface area contributed by atoms with Gasteiger partial charge in [-0.25, -0.2) is 0 Å². The summed E-state index contributed by atoms with van der Waals surface area (Å²) in [5.41, 5.74) is 0.906. The molecular formula is C13H12Br2O5. The third kappa shape index (κ3) is 5.05. The number of benzene rings is 1. The number of carbonyl (C=O) groups excluding carboxylic acids is 3. The lowest BCUT2D eigenvalue weighted by Crippen LogP contribution is -2.10. The molecule has 0 bridgehead atoms. The first-order valence-corrected chi connectivity index (χ1v) is 7.84. The van der Waals surface area contributed by atoms with E-state index in [1.54, 1.807) is 12.1 Å². The van der Waals surface area contributed by atoms with Gasteiger partial charge in [-0.3, -0.25) is 14.4 Å². The van der Waals surface area contributed by atoms with Crippen LogP contribution < -0.4 is 4.74 Å². The third-order valence-electron chi connectivity index (χ3n) is 2.26. The molecule has 0 heterocycles. The van der Waals surface area contributed by atoms with Gasteiger partial charge in [0.25, 0.3) is 0 Å². The second-order valence-corrected chi connectivity index (χ2v) is 4.89. The van der Waals surface area contributed by atoms with Gasteiger partial charge in [-0.05, 0) is 18.2 Å². The van der Waals surface area contributed by atoms with Gasteiger partial charge in [0, 0.05) is 18.1 Å². The van der Waals surface area contributed by atoms with Crippen molar-refractivity contribution in [3.8, 4) is 5.75 Å². The van der Waals surface area contributed by atoms with E-state index in [1.165, 1.54) is 13.0 Å². The van der Waals surface area contributed by atoms with Gasteiger partial charge in [-0.2, -0.15) is 0 Å². The van der Waals surface area contributed by atoms with Crippen molar-refractivity contribution < 1.29 is 23.9 Å². The Morgan fingerprint density at radius 3 is 2.40 bits per heavy atom.